The highest BCUT2D eigenvalue weighted by Crippen LogP contribution is 2.37. The summed E-state index contributed by atoms with van der Waals surface area (Å²) in [6, 6.07) is 22.3. The Balaban J connectivity index is 1.88. The number of nitrogens with one attached hydrogen (secondary N) is 1. The maximum Gasteiger partial charge on any atom is 0.265 e. The van der Waals surface area contributed by atoms with Gasteiger partial charge in [0.2, 0.25) is 11.8 Å². The summed E-state index contributed by atoms with van der Waals surface area (Å²) >= 11 is 6.36. The molecule has 0 unspecified atom stereocenters. The number of hydrogen-bond acceptors (Lipinski definition) is 7. The standard InChI is InChI=1S/C37H41ClFN3O7S/c1-5-6-20-40-37(44)32(21-26-12-8-7-9-13-26)41(24-27-14-10-11-15-30(27)39)36(43)25-42(31-22-28(38)16-18-33(31)47-2)50(45,46)29-17-19-34(48-3)35(23-29)49-4/h7-19,22-23,32H,5-6,20-21,24-25H2,1-4H3,(H,40,44)/t32-/m0/s1. The van der Waals surface area contributed by atoms with Crippen LogP contribution in [-0.2, 0) is 32.6 Å². The van der Waals surface area contributed by atoms with E-state index < -0.39 is 40.2 Å². The van der Waals surface area contributed by atoms with Crippen molar-refractivity contribution in [1.82, 2.24) is 10.2 Å². The van der Waals surface area contributed by atoms with Gasteiger partial charge in [0.05, 0.1) is 31.9 Å². The van der Waals surface area contributed by atoms with Crippen LogP contribution in [0.5, 0.6) is 17.2 Å². The molecule has 4 aromatic rings. The molecule has 2 amide bonds. The zero-order valence-corrected chi connectivity index (χ0v) is 30.0. The van der Waals surface area contributed by atoms with Crippen LogP contribution >= 0.6 is 11.6 Å². The minimum atomic E-state index is -4.56. The second kappa shape index (κ2) is 17.7. The summed E-state index contributed by atoms with van der Waals surface area (Å²) in [6.07, 6.45) is 1.62. The number of carbonyl (C=O) groups is 2. The molecular formula is C37H41ClFN3O7S. The van der Waals surface area contributed by atoms with E-state index in [2.05, 4.69) is 5.32 Å². The molecule has 0 aliphatic carbocycles. The molecule has 0 heterocycles. The fraction of sp³-hybridized carbons (Fsp3) is 0.297. The Morgan fingerprint density at radius 2 is 1.52 bits per heavy atom. The number of carbonyl (C=O) groups excluding carboxylic acids is 2. The highest BCUT2D eigenvalue weighted by Gasteiger charge is 2.36. The average molecular weight is 726 g/mol. The summed E-state index contributed by atoms with van der Waals surface area (Å²) in [4.78, 5) is 29.6. The zero-order chi connectivity index (χ0) is 36.3. The highest BCUT2D eigenvalue weighted by molar-refractivity contribution is 7.92. The van der Waals surface area contributed by atoms with Gasteiger partial charge in [-0.1, -0.05) is 73.5 Å². The van der Waals surface area contributed by atoms with E-state index >= 15 is 4.39 Å². The molecule has 10 nitrogen and oxygen atoms in total. The highest BCUT2D eigenvalue weighted by atomic mass is 35.5. The molecule has 266 valence electrons. The first-order chi connectivity index (χ1) is 24.0. The molecule has 1 atom stereocenters. The van der Waals surface area contributed by atoms with E-state index in [1.807, 2.05) is 37.3 Å². The van der Waals surface area contributed by atoms with Crippen molar-refractivity contribution < 1.29 is 36.6 Å². The smallest absolute Gasteiger partial charge is 0.265 e. The molecule has 0 radical (unpaired) electrons. The van der Waals surface area contributed by atoms with Gasteiger partial charge in [-0.3, -0.25) is 13.9 Å². The van der Waals surface area contributed by atoms with Crippen molar-refractivity contribution in [2.45, 2.75) is 43.7 Å². The van der Waals surface area contributed by atoms with Gasteiger partial charge in [0, 0.05) is 36.2 Å². The van der Waals surface area contributed by atoms with Gasteiger partial charge < -0.3 is 24.4 Å². The molecular weight excluding hydrogens is 685 g/mol. The van der Waals surface area contributed by atoms with Crippen LogP contribution in [0.4, 0.5) is 10.1 Å². The summed E-state index contributed by atoms with van der Waals surface area (Å²) in [5.74, 6) is -1.26. The Morgan fingerprint density at radius 3 is 2.18 bits per heavy atom. The van der Waals surface area contributed by atoms with E-state index in [1.165, 1.54) is 80.8 Å². The predicted octanol–water partition coefficient (Wildman–Crippen LogP) is 6.26. The molecule has 0 aliphatic heterocycles. The molecule has 0 spiro atoms. The summed E-state index contributed by atoms with van der Waals surface area (Å²) < 4.78 is 61.3. The topological polar surface area (TPSA) is 114 Å². The third-order valence-corrected chi connectivity index (χ3v) is 10.0. The number of sulfonamides is 1. The molecule has 50 heavy (non-hydrogen) atoms. The van der Waals surface area contributed by atoms with Gasteiger partial charge in [0.15, 0.2) is 11.5 Å². The largest absolute Gasteiger partial charge is 0.495 e. The van der Waals surface area contributed by atoms with Gasteiger partial charge in [-0.25, -0.2) is 12.8 Å². The van der Waals surface area contributed by atoms with Crippen molar-refractivity contribution in [2.75, 3.05) is 38.7 Å². The van der Waals surface area contributed by atoms with E-state index in [1.54, 1.807) is 6.07 Å². The Bertz CT molecular complexity index is 1880. The first-order valence-electron chi connectivity index (χ1n) is 16.0. The molecule has 1 N–H and O–H groups in total. The molecule has 13 heteroatoms. The maximum absolute atomic E-state index is 15.2. The van der Waals surface area contributed by atoms with E-state index in [9.17, 15) is 18.0 Å². The van der Waals surface area contributed by atoms with E-state index in [0.29, 0.717) is 18.7 Å². The van der Waals surface area contributed by atoms with E-state index in [-0.39, 0.29) is 45.6 Å². The van der Waals surface area contributed by atoms with Crippen LogP contribution in [0, 0.1) is 5.82 Å². The number of hydrogen-bond donors (Lipinski definition) is 1. The number of ether oxygens (including phenoxy) is 3. The third-order valence-electron chi connectivity index (χ3n) is 8.03. The van der Waals surface area contributed by atoms with Crippen LogP contribution in [0.15, 0.2) is 95.9 Å². The molecule has 0 bridgehead atoms. The fourth-order valence-corrected chi connectivity index (χ4v) is 6.94. The molecule has 0 aliphatic rings. The first-order valence-corrected chi connectivity index (χ1v) is 17.8. The Kier molecular flexibility index (Phi) is 13.5. The van der Waals surface area contributed by atoms with Crippen LogP contribution in [-0.4, -0.2) is 65.6 Å². The minimum Gasteiger partial charge on any atom is -0.495 e. The molecule has 0 fully saturated rings. The average Bonchev–Trinajstić information content (AvgIpc) is 3.12. The number of benzene rings is 4. The van der Waals surface area contributed by atoms with E-state index in [4.69, 9.17) is 25.8 Å². The lowest BCUT2D eigenvalue weighted by Gasteiger charge is -2.34. The fourth-order valence-electron chi connectivity index (χ4n) is 5.35. The maximum atomic E-state index is 15.2. The van der Waals surface area contributed by atoms with Crippen LogP contribution in [0.1, 0.15) is 30.9 Å². The van der Waals surface area contributed by atoms with Gasteiger partial charge in [-0.15, -0.1) is 0 Å². The number of rotatable bonds is 17. The Hall–Kier alpha value is -4.81. The summed E-state index contributed by atoms with van der Waals surface area (Å²) in [5.41, 5.74) is 0.872. The van der Waals surface area contributed by atoms with Crippen molar-refractivity contribution in [3.63, 3.8) is 0 Å². The zero-order valence-electron chi connectivity index (χ0n) is 28.4. The second-order valence-electron chi connectivity index (χ2n) is 11.3. The first kappa shape index (κ1) is 38.0. The van der Waals surface area contributed by atoms with Crippen molar-refractivity contribution >= 4 is 39.1 Å². The van der Waals surface area contributed by atoms with Gasteiger partial charge in [0.1, 0.15) is 24.2 Å². The van der Waals surface area contributed by atoms with Crippen molar-refractivity contribution in [3.8, 4) is 17.2 Å². The Morgan fingerprint density at radius 1 is 0.860 bits per heavy atom. The van der Waals surface area contributed by atoms with Gasteiger partial charge in [-0.2, -0.15) is 0 Å². The molecule has 4 aromatic carbocycles. The molecule has 0 saturated carbocycles. The lowest BCUT2D eigenvalue weighted by molar-refractivity contribution is -0.140. The monoisotopic (exact) mass is 725 g/mol. The summed E-state index contributed by atoms with van der Waals surface area (Å²) in [6.45, 7) is 1.23. The van der Waals surface area contributed by atoms with Gasteiger partial charge in [0.25, 0.3) is 10.0 Å². The number of nitrogens with zero attached hydrogens (tertiary/aromatic N) is 2. The normalized spacial score (nSPS) is 11.7. The van der Waals surface area contributed by atoms with Crippen LogP contribution in [0.25, 0.3) is 0 Å². The summed E-state index contributed by atoms with van der Waals surface area (Å²) in [7, 11) is -0.410. The Labute approximate surface area is 297 Å². The SMILES string of the molecule is CCCCNC(=O)[C@H](Cc1ccccc1)N(Cc1ccccc1F)C(=O)CN(c1cc(Cl)ccc1OC)S(=O)(=O)c1ccc(OC)c(OC)c1. The van der Waals surface area contributed by atoms with Crippen LogP contribution < -0.4 is 23.8 Å². The quantitative estimate of drug-likeness (QED) is 0.128. The van der Waals surface area contributed by atoms with Crippen LogP contribution in [0.3, 0.4) is 0 Å². The lowest BCUT2D eigenvalue weighted by Crippen LogP contribution is -2.53. The molecule has 0 saturated heterocycles. The second-order valence-corrected chi connectivity index (χ2v) is 13.6. The summed E-state index contributed by atoms with van der Waals surface area (Å²) in [5, 5.41) is 3.09. The van der Waals surface area contributed by atoms with Gasteiger partial charge in [-0.05, 0) is 48.4 Å². The van der Waals surface area contributed by atoms with Crippen molar-refractivity contribution in [3.05, 3.63) is 113 Å². The number of unbranched alkanes of at least 4 members (excludes halogenated alkanes) is 1. The van der Waals surface area contributed by atoms with Gasteiger partial charge >= 0.3 is 0 Å². The number of methoxy groups -OCH3 is 3. The predicted molar refractivity (Wildman–Crippen MR) is 191 cm³/mol. The number of amides is 2. The lowest BCUT2D eigenvalue weighted by atomic mass is 10.0. The number of anilines is 1. The minimum absolute atomic E-state index is 0.0269. The van der Waals surface area contributed by atoms with Crippen molar-refractivity contribution in [2.24, 2.45) is 0 Å². The van der Waals surface area contributed by atoms with Crippen molar-refractivity contribution in [1.29, 1.82) is 0 Å². The third kappa shape index (κ3) is 9.25. The molecule has 4 rings (SSSR count). The number of halogens is 2. The molecule has 0 aromatic heterocycles. The van der Waals surface area contributed by atoms with Crippen LogP contribution in [0.2, 0.25) is 5.02 Å². The van der Waals surface area contributed by atoms with E-state index in [0.717, 1.165) is 16.3 Å².